The van der Waals surface area contributed by atoms with Crippen LogP contribution in [0.3, 0.4) is 0 Å². The molecule has 0 bridgehead atoms. The highest BCUT2D eigenvalue weighted by atomic mass is 16.2. The molecule has 13 heavy (non-hydrogen) atoms. The van der Waals surface area contributed by atoms with E-state index in [0.29, 0.717) is 6.04 Å². The molecule has 2 heterocycles. The Bertz CT molecular complexity index is 207. The summed E-state index contributed by atoms with van der Waals surface area (Å²) in [5, 5.41) is 2.89. The number of amides is 2. The fraction of sp³-hybridized carbons (Fsp3) is 0.889. The number of carbonyl (C=O) groups excluding carboxylic acids is 1. The second-order valence-electron chi connectivity index (χ2n) is 3.98. The van der Waals surface area contributed by atoms with Crippen molar-refractivity contribution in [3.05, 3.63) is 0 Å². The van der Waals surface area contributed by atoms with Gasteiger partial charge in [-0.15, -0.1) is 0 Å². The molecule has 1 atom stereocenters. The molecule has 1 N–H and O–H groups in total. The van der Waals surface area contributed by atoms with Gasteiger partial charge in [0.2, 0.25) is 0 Å². The van der Waals surface area contributed by atoms with Crippen LogP contribution in [0, 0.1) is 0 Å². The first-order chi connectivity index (χ1) is 6.27. The highest BCUT2D eigenvalue weighted by Crippen LogP contribution is 2.15. The highest BCUT2D eigenvalue weighted by molar-refractivity contribution is 5.75. The number of hydrogen-bond acceptors (Lipinski definition) is 2. The molecule has 2 fully saturated rings. The van der Waals surface area contributed by atoms with Gasteiger partial charge < -0.3 is 15.1 Å². The van der Waals surface area contributed by atoms with Crippen molar-refractivity contribution in [3.8, 4) is 0 Å². The molecule has 0 aliphatic carbocycles. The van der Waals surface area contributed by atoms with Crippen molar-refractivity contribution in [2.45, 2.75) is 18.9 Å². The maximum Gasteiger partial charge on any atom is 0.317 e. The van der Waals surface area contributed by atoms with Gasteiger partial charge in [0.25, 0.3) is 0 Å². The largest absolute Gasteiger partial charge is 0.338 e. The molecular weight excluding hydrogens is 166 g/mol. The number of likely N-dealkylation sites (N-methyl/N-ethyl adjacent to an activating group) is 1. The monoisotopic (exact) mass is 183 g/mol. The fourth-order valence-electron chi connectivity index (χ4n) is 2.16. The van der Waals surface area contributed by atoms with E-state index in [0.717, 1.165) is 39.0 Å². The first-order valence-corrected chi connectivity index (χ1v) is 5.00. The molecule has 4 heteroatoms. The van der Waals surface area contributed by atoms with Crippen molar-refractivity contribution in [2.75, 3.05) is 33.2 Å². The molecule has 74 valence electrons. The summed E-state index contributed by atoms with van der Waals surface area (Å²) in [6.45, 7) is 3.93. The van der Waals surface area contributed by atoms with Gasteiger partial charge in [-0.25, -0.2) is 4.79 Å². The van der Waals surface area contributed by atoms with Gasteiger partial charge in [0, 0.05) is 25.7 Å². The lowest BCUT2D eigenvalue weighted by Crippen LogP contribution is -2.51. The molecule has 0 aromatic rings. The molecule has 2 rings (SSSR count). The maximum absolute atomic E-state index is 11.5. The molecule has 0 aromatic heterocycles. The predicted molar refractivity (Wildman–Crippen MR) is 50.6 cm³/mol. The van der Waals surface area contributed by atoms with E-state index in [9.17, 15) is 4.79 Å². The van der Waals surface area contributed by atoms with Gasteiger partial charge in [-0.05, 0) is 26.4 Å². The molecule has 2 aliphatic rings. The lowest BCUT2D eigenvalue weighted by Gasteiger charge is -2.32. The molecule has 2 amide bonds. The lowest BCUT2D eigenvalue weighted by molar-refractivity contribution is 0.162. The van der Waals surface area contributed by atoms with E-state index in [1.165, 1.54) is 0 Å². The van der Waals surface area contributed by atoms with Gasteiger partial charge in [0.05, 0.1) is 0 Å². The Labute approximate surface area is 78.9 Å². The summed E-state index contributed by atoms with van der Waals surface area (Å²) in [4.78, 5) is 15.8. The smallest absolute Gasteiger partial charge is 0.317 e. The topological polar surface area (TPSA) is 35.6 Å². The molecule has 4 nitrogen and oxygen atoms in total. The van der Waals surface area contributed by atoms with Crippen LogP contribution in [-0.2, 0) is 0 Å². The van der Waals surface area contributed by atoms with Crippen LogP contribution in [0.15, 0.2) is 0 Å². The van der Waals surface area contributed by atoms with Crippen LogP contribution >= 0.6 is 0 Å². The maximum atomic E-state index is 11.5. The number of carbonyl (C=O) groups is 1. The lowest BCUT2D eigenvalue weighted by atomic mass is 10.2. The zero-order valence-electron chi connectivity index (χ0n) is 8.12. The third-order valence-electron chi connectivity index (χ3n) is 2.92. The minimum absolute atomic E-state index is 0.131. The van der Waals surface area contributed by atoms with E-state index in [-0.39, 0.29) is 6.03 Å². The normalized spacial score (nSPS) is 30.7. The summed E-state index contributed by atoms with van der Waals surface area (Å²) < 4.78 is 0. The zero-order chi connectivity index (χ0) is 9.26. The van der Waals surface area contributed by atoms with Crippen molar-refractivity contribution in [1.29, 1.82) is 0 Å². The molecule has 0 radical (unpaired) electrons. The predicted octanol–water partition coefficient (Wildman–Crippen LogP) is 0.106. The van der Waals surface area contributed by atoms with Crippen LogP contribution in [0.4, 0.5) is 4.79 Å². The van der Waals surface area contributed by atoms with Crippen molar-refractivity contribution >= 4 is 6.03 Å². The van der Waals surface area contributed by atoms with Crippen LogP contribution in [0.25, 0.3) is 0 Å². The Morgan fingerprint density at radius 3 is 2.92 bits per heavy atom. The Morgan fingerprint density at radius 1 is 1.46 bits per heavy atom. The molecule has 2 aliphatic heterocycles. The number of likely N-dealkylation sites (tertiary alicyclic amines) is 1. The van der Waals surface area contributed by atoms with Gasteiger partial charge in [0.15, 0.2) is 0 Å². The quantitative estimate of drug-likeness (QED) is 0.626. The second-order valence-corrected chi connectivity index (χ2v) is 3.98. The van der Waals surface area contributed by atoms with Crippen molar-refractivity contribution in [3.63, 3.8) is 0 Å². The van der Waals surface area contributed by atoms with Gasteiger partial charge >= 0.3 is 6.03 Å². The molecule has 2 saturated heterocycles. The van der Waals surface area contributed by atoms with Crippen LogP contribution in [0.5, 0.6) is 0 Å². The summed E-state index contributed by atoms with van der Waals surface area (Å²) in [6, 6.07) is 0.580. The minimum atomic E-state index is 0.131. The molecule has 0 spiro atoms. The molecule has 0 aromatic carbocycles. The van der Waals surface area contributed by atoms with E-state index in [1.807, 2.05) is 4.90 Å². The first-order valence-electron chi connectivity index (χ1n) is 5.00. The van der Waals surface area contributed by atoms with Gasteiger partial charge in [-0.2, -0.15) is 0 Å². The Kier molecular flexibility index (Phi) is 2.40. The number of hydrogen-bond donors (Lipinski definition) is 1. The summed E-state index contributed by atoms with van der Waals surface area (Å²) in [5.41, 5.74) is 0. The summed E-state index contributed by atoms with van der Waals surface area (Å²) in [7, 11) is 2.11. The first kappa shape index (κ1) is 8.81. The summed E-state index contributed by atoms with van der Waals surface area (Å²) in [5.74, 6) is 0. The average molecular weight is 183 g/mol. The SMILES string of the molecule is CN1CCC(N2CCCNC2=O)C1. The zero-order valence-corrected chi connectivity index (χ0v) is 8.12. The van der Waals surface area contributed by atoms with Crippen LogP contribution < -0.4 is 5.32 Å². The Hall–Kier alpha value is -0.770. The minimum Gasteiger partial charge on any atom is -0.338 e. The van der Waals surface area contributed by atoms with E-state index < -0.39 is 0 Å². The number of urea groups is 1. The van der Waals surface area contributed by atoms with Crippen LogP contribution in [0.2, 0.25) is 0 Å². The van der Waals surface area contributed by atoms with Crippen molar-refractivity contribution < 1.29 is 4.79 Å². The summed E-state index contributed by atoms with van der Waals surface area (Å²) >= 11 is 0. The van der Waals surface area contributed by atoms with Crippen molar-refractivity contribution in [1.82, 2.24) is 15.1 Å². The van der Waals surface area contributed by atoms with E-state index >= 15 is 0 Å². The van der Waals surface area contributed by atoms with Gasteiger partial charge in [-0.3, -0.25) is 0 Å². The highest BCUT2D eigenvalue weighted by Gasteiger charge is 2.30. The van der Waals surface area contributed by atoms with E-state index in [4.69, 9.17) is 0 Å². The van der Waals surface area contributed by atoms with Crippen molar-refractivity contribution in [2.24, 2.45) is 0 Å². The number of rotatable bonds is 1. The van der Waals surface area contributed by atoms with Gasteiger partial charge in [-0.1, -0.05) is 0 Å². The molecular formula is C9H17N3O. The number of nitrogens with one attached hydrogen (secondary N) is 1. The standard InChI is InChI=1S/C9H17N3O/c1-11-6-3-8(7-11)12-5-2-4-10-9(12)13/h8H,2-7H2,1H3,(H,10,13). The van der Waals surface area contributed by atoms with E-state index in [1.54, 1.807) is 0 Å². The summed E-state index contributed by atoms with van der Waals surface area (Å²) in [6.07, 6.45) is 2.22. The molecule has 0 saturated carbocycles. The average Bonchev–Trinajstić information content (AvgIpc) is 2.53. The van der Waals surface area contributed by atoms with Crippen LogP contribution in [-0.4, -0.2) is 55.1 Å². The Morgan fingerprint density at radius 2 is 2.31 bits per heavy atom. The molecule has 1 unspecified atom stereocenters. The van der Waals surface area contributed by atoms with Crippen LogP contribution in [0.1, 0.15) is 12.8 Å². The number of nitrogens with zero attached hydrogens (tertiary/aromatic N) is 2. The Balaban J connectivity index is 1.95. The second kappa shape index (κ2) is 3.54. The third-order valence-corrected chi connectivity index (χ3v) is 2.92. The van der Waals surface area contributed by atoms with Gasteiger partial charge in [0.1, 0.15) is 0 Å². The fourth-order valence-corrected chi connectivity index (χ4v) is 2.16. The third kappa shape index (κ3) is 1.77. The van der Waals surface area contributed by atoms with E-state index in [2.05, 4.69) is 17.3 Å².